The van der Waals surface area contributed by atoms with Gasteiger partial charge < -0.3 is 5.11 Å². The Morgan fingerprint density at radius 3 is 2.58 bits per heavy atom. The van der Waals surface area contributed by atoms with E-state index in [4.69, 9.17) is 11.6 Å². The Labute approximate surface area is 117 Å². The van der Waals surface area contributed by atoms with Gasteiger partial charge in [-0.15, -0.1) is 0 Å². The Bertz CT molecular complexity index is 651. The minimum Gasteiger partial charge on any atom is -0.507 e. The number of hydrogen-bond acceptors (Lipinski definition) is 4. The van der Waals surface area contributed by atoms with Gasteiger partial charge >= 0.3 is 0 Å². The van der Waals surface area contributed by atoms with E-state index in [0.29, 0.717) is 4.90 Å². The maximum absolute atomic E-state index is 13.2. The van der Waals surface area contributed by atoms with Crippen molar-refractivity contribution in [2.75, 3.05) is 0 Å². The van der Waals surface area contributed by atoms with Crippen LogP contribution in [0.2, 0.25) is 5.02 Å². The number of para-hydroxylation sites is 1. The summed E-state index contributed by atoms with van der Waals surface area (Å²) in [6, 6.07) is 8.31. The molecule has 98 valence electrons. The molecule has 0 aromatic heterocycles. The highest BCUT2D eigenvalue weighted by Crippen LogP contribution is 2.40. The molecule has 1 N–H and O–H groups in total. The number of halogens is 2. The summed E-state index contributed by atoms with van der Waals surface area (Å²) in [5.74, 6) is -0.864. The molecule has 0 aliphatic rings. The molecule has 2 rings (SSSR count). The zero-order valence-corrected chi connectivity index (χ0v) is 10.9. The van der Waals surface area contributed by atoms with Crippen molar-refractivity contribution in [2.24, 2.45) is 0 Å². The minimum absolute atomic E-state index is 0.0118. The summed E-state index contributed by atoms with van der Waals surface area (Å²) in [6.07, 6.45) is 0. The van der Waals surface area contributed by atoms with Crippen molar-refractivity contribution in [3.05, 3.63) is 57.4 Å². The Hall–Kier alpha value is -1.79. The number of nitro benzene ring substituents is 1. The van der Waals surface area contributed by atoms with Gasteiger partial charge in [0.2, 0.25) is 0 Å². The highest BCUT2D eigenvalue weighted by atomic mass is 35.5. The van der Waals surface area contributed by atoms with E-state index < -0.39 is 16.4 Å². The Kier molecular flexibility index (Phi) is 3.92. The molecule has 0 atom stereocenters. The largest absolute Gasteiger partial charge is 0.507 e. The lowest BCUT2D eigenvalue weighted by molar-refractivity contribution is -0.387. The predicted molar refractivity (Wildman–Crippen MR) is 70.3 cm³/mol. The summed E-state index contributed by atoms with van der Waals surface area (Å²) in [7, 11) is 0. The second kappa shape index (κ2) is 5.46. The first-order valence-corrected chi connectivity index (χ1v) is 6.28. The summed E-state index contributed by atoms with van der Waals surface area (Å²) >= 11 is 6.57. The highest BCUT2D eigenvalue weighted by Gasteiger charge is 2.19. The SMILES string of the molecule is O=[N+]([O-])c1cc(F)c(Cl)cc1Sc1ccccc1O. The van der Waals surface area contributed by atoms with Crippen LogP contribution in [0.1, 0.15) is 0 Å². The first-order chi connectivity index (χ1) is 8.99. The zero-order chi connectivity index (χ0) is 14.0. The lowest BCUT2D eigenvalue weighted by Crippen LogP contribution is -1.93. The first-order valence-electron chi connectivity index (χ1n) is 5.08. The third kappa shape index (κ3) is 2.97. The van der Waals surface area contributed by atoms with E-state index in [9.17, 15) is 19.6 Å². The van der Waals surface area contributed by atoms with Crippen LogP contribution >= 0.6 is 23.4 Å². The lowest BCUT2D eigenvalue weighted by Gasteiger charge is -2.06. The normalized spacial score (nSPS) is 10.4. The number of phenolic OH excluding ortho intramolecular Hbond substituents is 1. The molecular weight excluding hydrogens is 293 g/mol. The van der Waals surface area contributed by atoms with E-state index >= 15 is 0 Å². The third-order valence-electron chi connectivity index (χ3n) is 2.28. The van der Waals surface area contributed by atoms with Crippen LogP contribution in [0, 0.1) is 15.9 Å². The van der Waals surface area contributed by atoms with Gasteiger partial charge in [-0.1, -0.05) is 35.5 Å². The van der Waals surface area contributed by atoms with Crippen LogP contribution in [0.25, 0.3) is 0 Å². The summed E-state index contributed by atoms with van der Waals surface area (Å²) in [5.41, 5.74) is -0.393. The monoisotopic (exact) mass is 299 g/mol. The molecule has 4 nitrogen and oxygen atoms in total. The van der Waals surface area contributed by atoms with Crippen LogP contribution in [-0.2, 0) is 0 Å². The molecule has 2 aromatic rings. The van der Waals surface area contributed by atoms with E-state index in [1.165, 1.54) is 12.1 Å². The summed E-state index contributed by atoms with van der Waals surface area (Å²) in [4.78, 5) is 10.8. The minimum atomic E-state index is -0.852. The second-order valence-electron chi connectivity index (χ2n) is 3.56. The third-order valence-corrected chi connectivity index (χ3v) is 3.69. The molecule has 0 aliphatic heterocycles. The molecule has 0 saturated carbocycles. The maximum atomic E-state index is 13.2. The van der Waals surface area contributed by atoms with Gasteiger partial charge in [-0.05, 0) is 18.2 Å². The molecular formula is C12H7ClFNO3S. The Balaban J connectivity index is 2.48. The molecule has 7 heteroatoms. The molecule has 0 saturated heterocycles. The topological polar surface area (TPSA) is 63.4 Å². The van der Waals surface area contributed by atoms with Crippen LogP contribution in [0.5, 0.6) is 5.75 Å². The van der Waals surface area contributed by atoms with Crippen molar-refractivity contribution in [1.82, 2.24) is 0 Å². The van der Waals surface area contributed by atoms with Crippen LogP contribution in [0.3, 0.4) is 0 Å². The van der Waals surface area contributed by atoms with Gasteiger partial charge in [0, 0.05) is 0 Å². The summed E-state index contributed by atoms with van der Waals surface area (Å²) < 4.78 is 13.2. The van der Waals surface area contributed by atoms with Crippen molar-refractivity contribution < 1.29 is 14.4 Å². The molecule has 0 radical (unpaired) electrons. The standard InChI is InChI=1S/C12H7ClFNO3S/c13-7-5-12(9(15(17)18)6-8(7)14)19-11-4-2-1-3-10(11)16/h1-6,16H. The second-order valence-corrected chi connectivity index (χ2v) is 5.05. The van der Waals surface area contributed by atoms with Gasteiger partial charge in [0.1, 0.15) is 11.6 Å². The van der Waals surface area contributed by atoms with Crippen molar-refractivity contribution in [3.63, 3.8) is 0 Å². The van der Waals surface area contributed by atoms with Crippen LogP contribution in [-0.4, -0.2) is 10.0 Å². The van der Waals surface area contributed by atoms with E-state index in [1.54, 1.807) is 18.2 Å². The number of aromatic hydroxyl groups is 1. The quantitative estimate of drug-likeness (QED) is 0.680. The van der Waals surface area contributed by atoms with Gasteiger partial charge in [0.15, 0.2) is 0 Å². The number of phenols is 1. The summed E-state index contributed by atoms with van der Waals surface area (Å²) in [6.45, 7) is 0. The number of benzene rings is 2. The average molecular weight is 300 g/mol. The van der Waals surface area contributed by atoms with Crippen LogP contribution < -0.4 is 0 Å². The molecule has 0 aliphatic carbocycles. The number of nitrogens with zero attached hydrogens (tertiary/aromatic N) is 1. The van der Waals surface area contributed by atoms with Crippen LogP contribution in [0.4, 0.5) is 10.1 Å². The van der Waals surface area contributed by atoms with Crippen LogP contribution in [0.15, 0.2) is 46.2 Å². The molecule has 0 heterocycles. The molecule has 2 aromatic carbocycles. The molecule has 19 heavy (non-hydrogen) atoms. The first kappa shape index (κ1) is 13.6. The van der Waals surface area contributed by atoms with Gasteiger partial charge in [-0.3, -0.25) is 10.1 Å². The molecule has 0 bridgehead atoms. The maximum Gasteiger partial charge on any atom is 0.286 e. The molecule has 0 amide bonds. The van der Waals surface area contributed by atoms with Crippen molar-refractivity contribution >= 4 is 29.1 Å². The highest BCUT2D eigenvalue weighted by molar-refractivity contribution is 7.99. The fraction of sp³-hybridized carbons (Fsp3) is 0. The Morgan fingerprint density at radius 2 is 1.95 bits per heavy atom. The molecule has 0 spiro atoms. The number of nitro groups is 1. The van der Waals surface area contributed by atoms with Gasteiger partial charge in [0.25, 0.3) is 5.69 Å². The van der Waals surface area contributed by atoms with Crippen molar-refractivity contribution in [2.45, 2.75) is 9.79 Å². The zero-order valence-electron chi connectivity index (χ0n) is 9.34. The van der Waals surface area contributed by atoms with Crippen molar-refractivity contribution in [1.29, 1.82) is 0 Å². The summed E-state index contributed by atoms with van der Waals surface area (Å²) in [5, 5.41) is 20.3. The van der Waals surface area contributed by atoms with Gasteiger partial charge in [0.05, 0.1) is 25.8 Å². The number of hydrogen-bond donors (Lipinski definition) is 1. The predicted octanol–water partition coefficient (Wildman–Crippen LogP) is 4.24. The Morgan fingerprint density at radius 1 is 1.26 bits per heavy atom. The fourth-order valence-corrected chi connectivity index (χ4v) is 2.60. The smallest absolute Gasteiger partial charge is 0.286 e. The van der Waals surface area contributed by atoms with Gasteiger partial charge in [-0.2, -0.15) is 0 Å². The average Bonchev–Trinajstić information content (AvgIpc) is 2.36. The van der Waals surface area contributed by atoms with E-state index in [-0.39, 0.29) is 15.7 Å². The lowest BCUT2D eigenvalue weighted by atomic mass is 10.3. The molecule has 0 unspecified atom stereocenters. The van der Waals surface area contributed by atoms with E-state index in [2.05, 4.69) is 0 Å². The van der Waals surface area contributed by atoms with E-state index in [1.807, 2.05) is 0 Å². The molecule has 0 fully saturated rings. The van der Waals surface area contributed by atoms with E-state index in [0.717, 1.165) is 17.8 Å². The van der Waals surface area contributed by atoms with Gasteiger partial charge in [-0.25, -0.2) is 4.39 Å². The van der Waals surface area contributed by atoms with Crippen molar-refractivity contribution in [3.8, 4) is 5.75 Å². The number of rotatable bonds is 3. The fourth-order valence-electron chi connectivity index (χ4n) is 1.40.